The molecule has 6 nitrogen and oxygen atoms in total. The maximum atomic E-state index is 12.1. The molecule has 0 aliphatic heterocycles. The van der Waals surface area contributed by atoms with E-state index < -0.39 is 0 Å². The van der Waals surface area contributed by atoms with Crippen molar-refractivity contribution in [1.29, 1.82) is 5.26 Å². The molecule has 0 bridgehead atoms. The number of carbonyl (C=O) groups is 1. The zero-order valence-electron chi connectivity index (χ0n) is 14.4. The van der Waals surface area contributed by atoms with E-state index >= 15 is 0 Å². The summed E-state index contributed by atoms with van der Waals surface area (Å²) in [7, 11) is 0. The maximum Gasteiger partial charge on any atom is 0.315 e. The van der Waals surface area contributed by atoms with Gasteiger partial charge >= 0.3 is 6.03 Å². The predicted octanol–water partition coefficient (Wildman–Crippen LogP) is 3.30. The second-order valence-electron chi connectivity index (χ2n) is 5.90. The normalized spacial score (nSPS) is 11.4. The molecule has 0 unspecified atom stereocenters. The van der Waals surface area contributed by atoms with Crippen LogP contribution >= 0.6 is 0 Å². The summed E-state index contributed by atoms with van der Waals surface area (Å²) in [5.41, 5.74) is 3.43. The van der Waals surface area contributed by atoms with Crippen molar-refractivity contribution in [3.05, 3.63) is 83.7 Å². The Morgan fingerprint density at radius 1 is 1.23 bits per heavy atom. The molecule has 130 valence electrons. The molecule has 0 aliphatic carbocycles. The van der Waals surface area contributed by atoms with Crippen molar-refractivity contribution in [2.75, 3.05) is 0 Å². The number of urea groups is 1. The van der Waals surface area contributed by atoms with Crippen LogP contribution in [0.4, 0.5) is 4.79 Å². The number of amides is 2. The van der Waals surface area contributed by atoms with Crippen molar-refractivity contribution < 1.29 is 4.79 Å². The molecule has 0 saturated heterocycles. The Labute approximate surface area is 152 Å². The number of aromatic nitrogens is 2. The third kappa shape index (κ3) is 4.28. The highest BCUT2D eigenvalue weighted by Gasteiger charge is 2.09. The fourth-order valence-electron chi connectivity index (χ4n) is 2.60. The van der Waals surface area contributed by atoms with E-state index in [4.69, 9.17) is 5.26 Å². The van der Waals surface area contributed by atoms with Gasteiger partial charge in [-0.1, -0.05) is 24.3 Å². The molecule has 3 aromatic rings. The van der Waals surface area contributed by atoms with E-state index in [1.807, 2.05) is 49.5 Å². The van der Waals surface area contributed by atoms with E-state index in [0.717, 1.165) is 16.8 Å². The minimum absolute atomic E-state index is 0.132. The Kier molecular flexibility index (Phi) is 5.30. The summed E-state index contributed by atoms with van der Waals surface area (Å²) in [4.78, 5) is 12.1. The Morgan fingerprint density at radius 2 is 2.04 bits per heavy atom. The number of hydrogen-bond acceptors (Lipinski definition) is 3. The van der Waals surface area contributed by atoms with Gasteiger partial charge in [0.1, 0.15) is 0 Å². The van der Waals surface area contributed by atoms with E-state index in [-0.39, 0.29) is 12.1 Å². The van der Waals surface area contributed by atoms with Gasteiger partial charge in [-0.15, -0.1) is 0 Å². The smallest absolute Gasteiger partial charge is 0.315 e. The average molecular weight is 345 g/mol. The number of rotatable bonds is 5. The second-order valence-corrected chi connectivity index (χ2v) is 5.90. The highest BCUT2D eigenvalue weighted by molar-refractivity contribution is 5.74. The standard InChI is InChI=1S/C20H19N5O/c1-15(18-6-8-19(9-7-18)25-11-3-10-23-25)24-20(26)22-14-17-5-2-4-16(12-17)13-21/h2-12,15H,14H2,1H3,(H2,22,24,26)/t15-/m1/s1. The predicted molar refractivity (Wildman–Crippen MR) is 98.5 cm³/mol. The molecule has 0 spiro atoms. The molecule has 2 aromatic carbocycles. The first-order valence-electron chi connectivity index (χ1n) is 8.29. The first-order chi connectivity index (χ1) is 12.7. The van der Waals surface area contributed by atoms with Gasteiger partial charge in [0, 0.05) is 18.9 Å². The Bertz CT molecular complexity index is 910. The summed E-state index contributed by atoms with van der Waals surface area (Å²) >= 11 is 0. The van der Waals surface area contributed by atoms with Crippen molar-refractivity contribution in [2.45, 2.75) is 19.5 Å². The molecular weight excluding hydrogens is 326 g/mol. The molecule has 6 heteroatoms. The SMILES string of the molecule is C[C@@H](NC(=O)NCc1cccc(C#N)c1)c1ccc(-n2cccn2)cc1. The van der Waals surface area contributed by atoms with Crippen LogP contribution in [0.2, 0.25) is 0 Å². The highest BCUT2D eigenvalue weighted by Crippen LogP contribution is 2.15. The summed E-state index contributed by atoms with van der Waals surface area (Å²) in [5.74, 6) is 0. The van der Waals surface area contributed by atoms with E-state index in [2.05, 4.69) is 21.8 Å². The van der Waals surface area contributed by atoms with Crippen LogP contribution in [0.3, 0.4) is 0 Å². The zero-order chi connectivity index (χ0) is 18.4. The summed E-state index contributed by atoms with van der Waals surface area (Å²) < 4.78 is 1.78. The number of carbonyl (C=O) groups excluding carboxylic acids is 1. The topological polar surface area (TPSA) is 82.7 Å². The molecule has 0 fully saturated rings. The molecule has 1 atom stereocenters. The molecule has 1 aromatic heterocycles. The first kappa shape index (κ1) is 17.2. The van der Waals surface area contributed by atoms with Crippen molar-refractivity contribution in [1.82, 2.24) is 20.4 Å². The lowest BCUT2D eigenvalue weighted by molar-refractivity contribution is 0.237. The summed E-state index contributed by atoms with van der Waals surface area (Å²) in [5, 5.41) is 18.8. The monoisotopic (exact) mass is 345 g/mol. The Balaban J connectivity index is 1.54. The van der Waals surface area contributed by atoms with Crippen LogP contribution in [-0.4, -0.2) is 15.8 Å². The second kappa shape index (κ2) is 7.99. The van der Waals surface area contributed by atoms with Crippen LogP contribution in [-0.2, 0) is 6.54 Å². The number of nitriles is 1. The van der Waals surface area contributed by atoms with Crippen molar-refractivity contribution in [2.24, 2.45) is 0 Å². The number of nitrogens with one attached hydrogen (secondary N) is 2. The average Bonchev–Trinajstić information content (AvgIpc) is 3.21. The van der Waals surface area contributed by atoms with Gasteiger partial charge in [0.25, 0.3) is 0 Å². The van der Waals surface area contributed by atoms with Gasteiger partial charge < -0.3 is 10.6 Å². The summed E-state index contributed by atoms with van der Waals surface area (Å²) in [6, 6.07) is 18.6. The molecular formula is C20H19N5O. The minimum atomic E-state index is -0.254. The lowest BCUT2D eigenvalue weighted by atomic mass is 10.1. The third-order valence-electron chi connectivity index (χ3n) is 4.02. The quantitative estimate of drug-likeness (QED) is 0.744. The number of hydrogen-bond donors (Lipinski definition) is 2. The van der Waals surface area contributed by atoms with Gasteiger partial charge in [-0.3, -0.25) is 0 Å². The van der Waals surface area contributed by atoms with Gasteiger partial charge in [-0.2, -0.15) is 10.4 Å². The zero-order valence-corrected chi connectivity index (χ0v) is 14.4. The van der Waals surface area contributed by atoms with Crippen molar-refractivity contribution in [3.63, 3.8) is 0 Å². The molecule has 0 radical (unpaired) electrons. The van der Waals surface area contributed by atoms with Gasteiger partial charge in [-0.25, -0.2) is 9.48 Å². The summed E-state index contributed by atoms with van der Waals surface area (Å²) in [6.07, 6.45) is 3.61. The van der Waals surface area contributed by atoms with Crippen LogP contribution in [0.1, 0.15) is 29.7 Å². The maximum absolute atomic E-state index is 12.1. The lowest BCUT2D eigenvalue weighted by Gasteiger charge is -2.15. The number of benzene rings is 2. The fraction of sp³-hybridized carbons (Fsp3) is 0.150. The Hall–Kier alpha value is -3.59. The minimum Gasteiger partial charge on any atom is -0.334 e. The molecule has 2 N–H and O–H groups in total. The van der Waals surface area contributed by atoms with Gasteiger partial charge in [-0.05, 0) is 48.4 Å². The lowest BCUT2D eigenvalue weighted by Crippen LogP contribution is -2.36. The van der Waals surface area contributed by atoms with Gasteiger partial charge in [0.2, 0.25) is 0 Å². The largest absolute Gasteiger partial charge is 0.334 e. The van der Waals surface area contributed by atoms with E-state index in [9.17, 15) is 4.79 Å². The van der Waals surface area contributed by atoms with Crippen LogP contribution < -0.4 is 10.6 Å². The molecule has 0 aliphatic rings. The van der Waals surface area contributed by atoms with Gasteiger partial charge in [0.05, 0.1) is 23.4 Å². The van der Waals surface area contributed by atoms with Gasteiger partial charge in [0.15, 0.2) is 0 Å². The number of nitrogens with zero attached hydrogens (tertiary/aromatic N) is 3. The highest BCUT2D eigenvalue weighted by atomic mass is 16.2. The van der Waals surface area contributed by atoms with Crippen LogP contribution in [0.15, 0.2) is 67.0 Å². The van der Waals surface area contributed by atoms with Crippen molar-refractivity contribution >= 4 is 6.03 Å². The molecule has 0 saturated carbocycles. The van der Waals surface area contributed by atoms with Crippen LogP contribution in [0, 0.1) is 11.3 Å². The van der Waals surface area contributed by atoms with Crippen LogP contribution in [0.25, 0.3) is 5.69 Å². The Morgan fingerprint density at radius 3 is 2.73 bits per heavy atom. The van der Waals surface area contributed by atoms with E-state index in [1.54, 1.807) is 29.1 Å². The third-order valence-corrected chi connectivity index (χ3v) is 4.02. The van der Waals surface area contributed by atoms with E-state index in [0.29, 0.717) is 12.1 Å². The molecule has 3 rings (SSSR count). The van der Waals surface area contributed by atoms with E-state index in [1.165, 1.54) is 0 Å². The molecule has 2 amide bonds. The first-order valence-corrected chi connectivity index (χ1v) is 8.29. The molecule has 26 heavy (non-hydrogen) atoms. The fourth-order valence-corrected chi connectivity index (χ4v) is 2.60. The molecule has 1 heterocycles. The summed E-state index contributed by atoms with van der Waals surface area (Å²) in [6.45, 7) is 2.30. The van der Waals surface area contributed by atoms with Crippen molar-refractivity contribution in [3.8, 4) is 11.8 Å². The van der Waals surface area contributed by atoms with Crippen LogP contribution in [0.5, 0.6) is 0 Å².